The van der Waals surface area contributed by atoms with E-state index < -0.39 is 17.3 Å². The van der Waals surface area contributed by atoms with Crippen LogP contribution in [0.3, 0.4) is 0 Å². The first-order chi connectivity index (χ1) is 12.7. The fourth-order valence-corrected chi connectivity index (χ4v) is 2.29. The van der Waals surface area contributed by atoms with Crippen LogP contribution in [0, 0.1) is 0 Å². The number of nitrogens with zero attached hydrogens (tertiary/aromatic N) is 2. The van der Waals surface area contributed by atoms with Crippen molar-refractivity contribution in [2.45, 2.75) is 13.5 Å². The molecule has 0 aliphatic rings. The first kappa shape index (κ1) is 21.5. The number of carbonyl (C=O) groups is 3. The predicted molar refractivity (Wildman–Crippen MR) is 92.6 cm³/mol. The number of aryl methyl sites for hydroxylation is 2. The van der Waals surface area contributed by atoms with E-state index in [1.54, 1.807) is 36.6 Å². The van der Waals surface area contributed by atoms with Crippen molar-refractivity contribution in [3.05, 3.63) is 41.5 Å². The van der Waals surface area contributed by atoms with Gasteiger partial charge in [0.2, 0.25) is 17.7 Å². The molecule has 0 bridgehead atoms. The fourth-order valence-electron chi connectivity index (χ4n) is 2.29. The lowest BCUT2D eigenvalue weighted by Crippen LogP contribution is -2.39. The van der Waals surface area contributed by atoms with Gasteiger partial charge < -0.3 is 26.0 Å². The molecule has 2 amide bonds. The number of carboxylic acid groups (broad SMARTS) is 1. The summed E-state index contributed by atoms with van der Waals surface area (Å²) in [6.45, 7) is 2.55. The number of aromatic hydroxyl groups is 1. The summed E-state index contributed by atoms with van der Waals surface area (Å²) in [5.41, 5.74) is 0.334. The van der Waals surface area contributed by atoms with Gasteiger partial charge in [-0.2, -0.15) is 0 Å². The molecular weight excluding hydrogens is 356 g/mol. The van der Waals surface area contributed by atoms with Gasteiger partial charge in [-0.25, -0.2) is 13.9 Å². The number of rotatable bonds is 4. The molecule has 0 saturated carbocycles. The number of hydrogen-bond donors (Lipinski definition) is 4. The number of hydrogen-bond acceptors (Lipinski definition) is 5. The number of imidazole rings is 1. The standard InChI is InChI=1S/C10H16N4O2.C7H6O4/c1-5-14-6-13(4)7(9(15)11-2)8(14)10(16)12-3;8-4-1-2-6(9)5(3-4)7(10)11/h6H,5H2,1-4H3,(H-,11,12,15,16);1-3,8-9H,(H,10,11). The monoisotopic (exact) mass is 378 g/mol. The Labute approximate surface area is 155 Å². The van der Waals surface area contributed by atoms with Crippen LogP contribution in [-0.4, -0.2) is 46.7 Å². The number of aromatic carboxylic acids is 1. The Morgan fingerprint density at radius 2 is 1.78 bits per heavy atom. The summed E-state index contributed by atoms with van der Waals surface area (Å²) in [6, 6.07) is 3.08. The molecule has 0 radical (unpaired) electrons. The number of aromatic nitrogens is 2. The summed E-state index contributed by atoms with van der Waals surface area (Å²) >= 11 is 0. The van der Waals surface area contributed by atoms with Crippen LogP contribution in [0.2, 0.25) is 0 Å². The lowest BCUT2D eigenvalue weighted by atomic mass is 10.2. The van der Waals surface area contributed by atoms with Crippen LogP contribution < -0.4 is 20.3 Å². The lowest BCUT2D eigenvalue weighted by Gasteiger charge is -2.08. The highest BCUT2D eigenvalue weighted by Gasteiger charge is 2.30. The summed E-state index contributed by atoms with van der Waals surface area (Å²) in [5.74, 6) is -2.68. The van der Waals surface area contributed by atoms with Crippen LogP contribution in [0.1, 0.15) is 38.3 Å². The second-order valence-electron chi connectivity index (χ2n) is 5.35. The van der Waals surface area contributed by atoms with E-state index in [9.17, 15) is 19.5 Å². The summed E-state index contributed by atoms with van der Waals surface area (Å²) < 4.78 is 3.39. The second kappa shape index (κ2) is 9.22. The first-order valence-corrected chi connectivity index (χ1v) is 7.94. The van der Waals surface area contributed by atoms with Gasteiger partial charge in [-0.3, -0.25) is 9.59 Å². The molecule has 0 saturated heterocycles. The van der Waals surface area contributed by atoms with Gasteiger partial charge in [0.05, 0.1) is 19.2 Å². The molecular formula is C17H22N4O6. The third-order valence-corrected chi connectivity index (χ3v) is 3.60. The summed E-state index contributed by atoms with van der Waals surface area (Å²) in [5, 5.41) is 32.9. The number of benzene rings is 1. The van der Waals surface area contributed by atoms with Gasteiger partial charge in [0.25, 0.3) is 11.8 Å². The Morgan fingerprint density at radius 1 is 1.19 bits per heavy atom. The zero-order valence-corrected chi connectivity index (χ0v) is 15.4. The van der Waals surface area contributed by atoms with Gasteiger partial charge in [-0.1, -0.05) is 11.8 Å². The molecule has 1 heterocycles. The van der Waals surface area contributed by atoms with Crippen LogP contribution in [-0.2, 0) is 13.6 Å². The highest BCUT2D eigenvalue weighted by molar-refractivity contribution is 6.03. The van der Waals surface area contributed by atoms with Crippen molar-refractivity contribution < 1.29 is 34.3 Å². The molecule has 1 aromatic carbocycles. The van der Waals surface area contributed by atoms with Crippen LogP contribution >= 0.6 is 0 Å². The summed E-state index contributed by atoms with van der Waals surface area (Å²) in [4.78, 5) is 33.7. The highest BCUT2D eigenvalue weighted by Crippen LogP contribution is 2.19. The van der Waals surface area contributed by atoms with Gasteiger partial charge in [-0.15, -0.1) is 0 Å². The number of carboxylic acids is 1. The van der Waals surface area contributed by atoms with Gasteiger partial charge in [0.15, 0.2) is 0 Å². The zero-order valence-electron chi connectivity index (χ0n) is 15.4. The number of phenols is 1. The highest BCUT2D eigenvalue weighted by atomic mass is 16.4. The van der Waals surface area contributed by atoms with Crippen molar-refractivity contribution in [2.24, 2.45) is 7.05 Å². The van der Waals surface area contributed by atoms with E-state index in [-0.39, 0.29) is 17.6 Å². The molecule has 2 aromatic rings. The summed E-state index contributed by atoms with van der Waals surface area (Å²) in [6.07, 6.45) is 1.73. The van der Waals surface area contributed by atoms with Gasteiger partial charge in [0, 0.05) is 14.1 Å². The van der Waals surface area contributed by atoms with E-state index in [0.717, 1.165) is 18.2 Å². The molecule has 10 nitrogen and oxygen atoms in total. The van der Waals surface area contributed by atoms with Crippen molar-refractivity contribution in [1.82, 2.24) is 15.2 Å². The van der Waals surface area contributed by atoms with Crippen molar-refractivity contribution in [3.63, 3.8) is 0 Å². The average Bonchev–Trinajstić information content (AvgIpc) is 2.99. The Bertz CT molecular complexity index is 859. The molecule has 0 aliphatic carbocycles. The second-order valence-corrected chi connectivity index (χ2v) is 5.35. The third-order valence-electron chi connectivity index (χ3n) is 3.60. The normalized spacial score (nSPS) is 9.78. The SMILES string of the molecule is CCn1c[n+](C)c(C(=O)NC)c1C(=O)NC.O=C(O)c1cc(O)ccc1[O-]. The number of nitrogens with one attached hydrogen (secondary N) is 2. The van der Waals surface area contributed by atoms with Crippen LogP contribution in [0.4, 0.5) is 0 Å². The third kappa shape index (κ3) is 4.97. The Hall–Kier alpha value is -3.56. The minimum Gasteiger partial charge on any atom is -0.872 e. The molecule has 0 atom stereocenters. The molecule has 4 N–H and O–H groups in total. The van der Waals surface area contributed by atoms with E-state index in [1.165, 1.54) is 0 Å². The molecule has 27 heavy (non-hydrogen) atoms. The van der Waals surface area contributed by atoms with Crippen molar-refractivity contribution in [3.8, 4) is 11.5 Å². The maximum atomic E-state index is 11.7. The van der Waals surface area contributed by atoms with E-state index in [4.69, 9.17) is 10.2 Å². The first-order valence-electron chi connectivity index (χ1n) is 7.94. The lowest BCUT2D eigenvalue weighted by molar-refractivity contribution is -0.673. The van der Waals surface area contributed by atoms with Crippen molar-refractivity contribution in [1.29, 1.82) is 0 Å². The Morgan fingerprint density at radius 3 is 2.22 bits per heavy atom. The molecule has 0 fully saturated rings. The van der Waals surface area contributed by atoms with E-state index >= 15 is 0 Å². The maximum absolute atomic E-state index is 11.7. The zero-order chi connectivity index (χ0) is 20.7. The minimum atomic E-state index is -1.33. The number of amides is 2. The van der Waals surface area contributed by atoms with Crippen LogP contribution in [0.5, 0.6) is 11.5 Å². The van der Waals surface area contributed by atoms with Gasteiger partial charge >= 0.3 is 5.97 Å². The van der Waals surface area contributed by atoms with Crippen molar-refractivity contribution in [2.75, 3.05) is 14.1 Å². The number of phenolic OH excluding ortho intramolecular Hbond substituents is 1. The number of carbonyl (C=O) groups excluding carboxylic acids is 2. The van der Waals surface area contributed by atoms with E-state index in [2.05, 4.69) is 10.6 Å². The van der Waals surface area contributed by atoms with Crippen molar-refractivity contribution >= 4 is 17.8 Å². The average molecular weight is 378 g/mol. The topological polar surface area (TPSA) is 148 Å². The van der Waals surface area contributed by atoms with E-state index in [0.29, 0.717) is 17.9 Å². The van der Waals surface area contributed by atoms with Gasteiger partial charge in [-0.05, 0) is 19.1 Å². The molecule has 10 heteroatoms. The molecule has 0 unspecified atom stereocenters. The van der Waals surface area contributed by atoms with Crippen LogP contribution in [0.25, 0.3) is 0 Å². The maximum Gasteiger partial charge on any atom is 0.335 e. The molecule has 0 aliphatic heterocycles. The molecule has 2 rings (SSSR count). The fraction of sp³-hybridized carbons (Fsp3) is 0.294. The minimum absolute atomic E-state index is 0.220. The predicted octanol–water partition coefficient (Wildman–Crippen LogP) is -0.784. The Balaban J connectivity index is 0.000000289. The molecule has 146 valence electrons. The van der Waals surface area contributed by atoms with Crippen LogP contribution in [0.15, 0.2) is 24.5 Å². The molecule has 1 aromatic heterocycles. The summed E-state index contributed by atoms with van der Waals surface area (Å²) in [7, 11) is 4.82. The molecule has 0 spiro atoms. The largest absolute Gasteiger partial charge is 0.872 e. The Kier molecular flexibility index (Phi) is 7.34. The van der Waals surface area contributed by atoms with Gasteiger partial charge in [0.1, 0.15) is 5.75 Å². The smallest absolute Gasteiger partial charge is 0.335 e. The quantitative estimate of drug-likeness (QED) is 0.513. The van der Waals surface area contributed by atoms with E-state index in [1.807, 2.05) is 6.92 Å².